The summed E-state index contributed by atoms with van der Waals surface area (Å²) in [6.45, 7) is 8.14. The van der Waals surface area contributed by atoms with E-state index in [-0.39, 0.29) is 17.6 Å². The van der Waals surface area contributed by atoms with Gasteiger partial charge in [0, 0.05) is 12.5 Å². The highest BCUT2D eigenvalue weighted by Gasteiger charge is 2.24. The third-order valence-electron chi connectivity index (χ3n) is 4.41. The van der Waals surface area contributed by atoms with Crippen LogP contribution in [-0.2, 0) is 16.1 Å². The summed E-state index contributed by atoms with van der Waals surface area (Å²) in [5.74, 6) is 1.10. The van der Waals surface area contributed by atoms with Crippen LogP contribution in [-0.4, -0.2) is 36.4 Å². The van der Waals surface area contributed by atoms with Gasteiger partial charge in [0.05, 0.1) is 6.10 Å². The lowest BCUT2D eigenvalue weighted by atomic mass is 9.88. The average molecular weight is 386 g/mol. The van der Waals surface area contributed by atoms with Crippen LogP contribution >= 0.6 is 0 Å². The molecule has 0 radical (unpaired) electrons. The van der Waals surface area contributed by atoms with E-state index in [1.165, 1.54) is 5.56 Å². The highest BCUT2D eigenvalue weighted by atomic mass is 16.5. The number of hydrogen-bond acceptors (Lipinski definition) is 5. The topological polar surface area (TPSA) is 67.8 Å². The van der Waals surface area contributed by atoms with Crippen molar-refractivity contribution in [2.24, 2.45) is 0 Å². The highest BCUT2D eigenvalue weighted by molar-refractivity contribution is 5.37. The number of carbonyl (C=O) groups excluding carboxylic acids is 1. The molecule has 5 heteroatoms. The lowest BCUT2D eigenvalue weighted by molar-refractivity contribution is -0.138. The second kappa shape index (κ2) is 10.8. The summed E-state index contributed by atoms with van der Waals surface area (Å²) < 4.78 is 10.3. The number of hydrogen-bond donors (Lipinski definition) is 2. The molecule has 0 amide bonds. The standard InChI is InChI=1S/C18H21NO2.C5H10O2/c20-18-12-19-11-10-17(18)15-6-8-16(9-7-15)21-13-14-4-2-1-3-5-14;1-5(2,3)7-4-6/h1-9,17-20H,10-13H2;4H,1-3H3/t17-,18+;/m0./s1. The van der Waals surface area contributed by atoms with Gasteiger partial charge in [0.25, 0.3) is 6.47 Å². The fourth-order valence-electron chi connectivity index (χ4n) is 2.93. The van der Waals surface area contributed by atoms with Crippen molar-refractivity contribution in [1.82, 2.24) is 5.32 Å². The molecule has 0 saturated carbocycles. The number of ether oxygens (including phenoxy) is 2. The van der Waals surface area contributed by atoms with Crippen molar-refractivity contribution in [3.8, 4) is 5.75 Å². The molecule has 1 fully saturated rings. The van der Waals surface area contributed by atoms with Crippen LogP contribution in [0.2, 0.25) is 0 Å². The molecule has 1 aliphatic heterocycles. The van der Waals surface area contributed by atoms with Crippen molar-refractivity contribution in [3.05, 3.63) is 65.7 Å². The number of carbonyl (C=O) groups is 1. The zero-order valence-electron chi connectivity index (χ0n) is 16.9. The molecule has 5 nitrogen and oxygen atoms in total. The predicted molar refractivity (Wildman–Crippen MR) is 110 cm³/mol. The van der Waals surface area contributed by atoms with Gasteiger partial charge in [-0.15, -0.1) is 0 Å². The Labute approximate surface area is 167 Å². The van der Waals surface area contributed by atoms with Gasteiger partial charge < -0.3 is 19.9 Å². The van der Waals surface area contributed by atoms with Gasteiger partial charge in [0.1, 0.15) is 18.0 Å². The molecule has 2 aromatic carbocycles. The van der Waals surface area contributed by atoms with E-state index in [0.29, 0.717) is 19.6 Å². The second-order valence-corrected chi connectivity index (χ2v) is 7.84. The molecule has 28 heavy (non-hydrogen) atoms. The first kappa shape index (κ1) is 21.9. The molecular weight excluding hydrogens is 354 g/mol. The minimum absolute atomic E-state index is 0.231. The molecule has 1 saturated heterocycles. The molecule has 3 rings (SSSR count). The summed E-state index contributed by atoms with van der Waals surface area (Å²) in [6, 6.07) is 18.3. The number of aliphatic hydroxyl groups is 1. The number of nitrogens with one attached hydrogen (secondary N) is 1. The Morgan fingerprint density at radius 2 is 1.79 bits per heavy atom. The number of rotatable bonds is 5. The lowest BCUT2D eigenvalue weighted by Crippen LogP contribution is -2.39. The predicted octanol–water partition coefficient (Wildman–Crippen LogP) is 3.66. The molecule has 1 heterocycles. The van der Waals surface area contributed by atoms with E-state index >= 15 is 0 Å². The van der Waals surface area contributed by atoms with Crippen LogP contribution in [0.15, 0.2) is 54.6 Å². The quantitative estimate of drug-likeness (QED) is 0.769. The summed E-state index contributed by atoms with van der Waals surface area (Å²) in [4.78, 5) is 9.60. The van der Waals surface area contributed by atoms with Gasteiger partial charge in [-0.3, -0.25) is 4.79 Å². The van der Waals surface area contributed by atoms with E-state index < -0.39 is 0 Å². The number of benzene rings is 2. The van der Waals surface area contributed by atoms with Gasteiger partial charge in [-0.05, 0) is 57.0 Å². The van der Waals surface area contributed by atoms with Crippen molar-refractivity contribution < 1.29 is 19.4 Å². The van der Waals surface area contributed by atoms with Gasteiger partial charge in [0.15, 0.2) is 0 Å². The molecule has 0 bridgehead atoms. The van der Waals surface area contributed by atoms with E-state index in [0.717, 1.165) is 24.3 Å². The van der Waals surface area contributed by atoms with Crippen molar-refractivity contribution >= 4 is 6.47 Å². The monoisotopic (exact) mass is 385 g/mol. The Morgan fingerprint density at radius 3 is 2.32 bits per heavy atom. The molecule has 2 aromatic rings. The van der Waals surface area contributed by atoms with Gasteiger partial charge in [-0.1, -0.05) is 42.5 Å². The molecule has 2 atom stereocenters. The van der Waals surface area contributed by atoms with E-state index in [2.05, 4.69) is 34.3 Å². The minimum atomic E-state index is -0.318. The maximum Gasteiger partial charge on any atom is 0.293 e. The van der Waals surface area contributed by atoms with Crippen LogP contribution < -0.4 is 10.1 Å². The van der Waals surface area contributed by atoms with E-state index in [1.807, 2.05) is 51.1 Å². The smallest absolute Gasteiger partial charge is 0.293 e. The van der Waals surface area contributed by atoms with Crippen LogP contribution in [0, 0.1) is 0 Å². The molecule has 1 aliphatic rings. The van der Waals surface area contributed by atoms with Crippen molar-refractivity contribution in [3.63, 3.8) is 0 Å². The SMILES string of the molecule is CC(C)(C)OC=O.O[C@@H]1CNCC[C@H]1c1ccc(OCc2ccccc2)cc1. The van der Waals surface area contributed by atoms with E-state index in [4.69, 9.17) is 4.74 Å². The lowest BCUT2D eigenvalue weighted by Gasteiger charge is -2.28. The summed E-state index contributed by atoms with van der Waals surface area (Å²) in [5, 5.41) is 13.3. The van der Waals surface area contributed by atoms with Gasteiger partial charge in [-0.25, -0.2) is 0 Å². The van der Waals surface area contributed by atoms with Gasteiger partial charge in [0.2, 0.25) is 0 Å². The Balaban J connectivity index is 0.000000345. The summed E-state index contributed by atoms with van der Waals surface area (Å²) in [5.41, 5.74) is 2.04. The second-order valence-electron chi connectivity index (χ2n) is 7.84. The third-order valence-corrected chi connectivity index (χ3v) is 4.41. The Morgan fingerprint density at radius 1 is 1.11 bits per heavy atom. The summed E-state index contributed by atoms with van der Waals surface area (Å²) >= 11 is 0. The molecule has 152 valence electrons. The first-order valence-electron chi connectivity index (χ1n) is 9.66. The average Bonchev–Trinajstić information content (AvgIpc) is 2.68. The summed E-state index contributed by atoms with van der Waals surface area (Å²) in [7, 11) is 0. The number of β-amino-alcohol motifs (C(OH)–C–C–N with tert-alkyl or cyclic N) is 1. The third kappa shape index (κ3) is 7.71. The largest absolute Gasteiger partial charge is 0.489 e. The normalized spacial score (nSPS) is 19.1. The molecule has 0 aromatic heterocycles. The fourth-order valence-corrected chi connectivity index (χ4v) is 2.93. The van der Waals surface area contributed by atoms with Gasteiger partial charge in [-0.2, -0.15) is 0 Å². The van der Waals surface area contributed by atoms with Crippen LogP contribution in [0.1, 0.15) is 44.2 Å². The first-order chi connectivity index (χ1) is 13.4. The zero-order chi connectivity index (χ0) is 20.4. The number of piperidine rings is 1. The van der Waals surface area contributed by atoms with E-state index in [9.17, 15) is 9.90 Å². The first-order valence-corrected chi connectivity index (χ1v) is 9.66. The van der Waals surface area contributed by atoms with Crippen LogP contribution in [0.3, 0.4) is 0 Å². The Hall–Kier alpha value is -2.37. The fraction of sp³-hybridized carbons (Fsp3) is 0.435. The molecule has 2 N–H and O–H groups in total. The molecular formula is C23H31NO4. The van der Waals surface area contributed by atoms with Crippen molar-refractivity contribution in [2.45, 2.75) is 51.4 Å². The Bertz CT molecular complexity index is 695. The maximum atomic E-state index is 10.0. The maximum absolute atomic E-state index is 10.0. The van der Waals surface area contributed by atoms with Gasteiger partial charge >= 0.3 is 0 Å². The zero-order valence-corrected chi connectivity index (χ0v) is 16.9. The van der Waals surface area contributed by atoms with Crippen LogP contribution in [0.5, 0.6) is 5.75 Å². The summed E-state index contributed by atoms with van der Waals surface area (Å²) in [6.07, 6.45) is 0.681. The highest BCUT2D eigenvalue weighted by Crippen LogP contribution is 2.27. The van der Waals surface area contributed by atoms with Crippen molar-refractivity contribution in [1.29, 1.82) is 0 Å². The molecule has 0 aliphatic carbocycles. The van der Waals surface area contributed by atoms with Crippen LogP contribution in [0.4, 0.5) is 0 Å². The Kier molecular flexibility index (Phi) is 8.48. The molecule has 0 spiro atoms. The minimum Gasteiger partial charge on any atom is -0.489 e. The molecule has 0 unspecified atom stereocenters. The van der Waals surface area contributed by atoms with E-state index in [1.54, 1.807) is 0 Å². The van der Waals surface area contributed by atoms with Crippen LogP contribution in [0.25, 0.3) is 0 Å². The number of aliphatic hydroxyl groups excluding tert-OH is 1. The van der Waals surface area contributed by atoms with Crippen molar-refractivity contribution in [2.75, 3.05) is 13.1 Å².